The Morgan fingerprint density at radius 2 is 2.00 bits per heavy atom. The number of likely N-dealkylation sites (N-methyl/N-ethyl adjacent to an activating group) is 1. The molecule has 0 unspecified atom stereocenters. The summed E-state index contributed by atoms with van der Waals surface area (Å²) in [6.07, 6.45) is -0.0632. The van der Waals surface area contributed by atoms with Gasteiger partial charge in [0, 0.05) is 32.2 Å². The van der Waals surface area contributed by atoms with Gasteiger partial charge in [0.25, 0.3) is 0 Å². The molecule has 0 bridgehead atoms. The third-order valence-corrected chi connectivity index (χ3v) is 1.98. The van der Waals surface area contributed by atoms with Crippen LogP contribution in [-0.4, -0.2) is 54.1 Å². The highest BCUT2D eigenvalue weighted by atomic mass is 16.4. The number of rotatable bonds is 1. The zero-order chi connectivity index (χ0) is 9.68. The second kappa shape index (κ2) is 4.73. The van der Waals surface area contributed by atoms with Crippen LogP contribution in [0.2, 0.25) is 0 Å². The first-order chi connectivity index (χ1) is 6.18. The molecular weight excluding hydrogens is 168 g/mol. The molecule has 0 aliphatic carbocycles. The van der Waals surface area contributed by atoms with Crippen LogP contribution in [0.15, 0.2) is 0 Å². The van der Waals surface area contributed by atoms with Crippen LogP contribution in [0.4, 0.5) is 0 Å². The summed E-state index contributed by atoms with van der Waals surface area (Å²) < 4.78 is 0. The van der Waals surface area contributed by atoms with Crippen molar-refractivity contribution in [1.29, 1.82) is 0 Å². The molecule has 0 radical (unpaired) electrons. The van der Waals surface area contributed by atoms with E-state index in [4.69, 9.17) is 5.11 Å². The van der Waals surface area contributed by atoms with Crippen molar-refractivity contribution in [3.63, 3.8) is 0 Å². The Labute approximate surface area is 78.1 Å². The van der Waals surface area contributed by atoms with Crippen LogP contribution >= 0.6 is 0 Å². The van der Waals surface area contributed by atoms with Gasteiger partial charge >= 0.3 is 5.97 Å². The van der Waals surface area contributed by atoms with Gasteiger partial charge in [-0.15, -0.1) is 0 Å². The van der Waals surface area contributed by atoms with Crippen molar-refractivity contribution >= 4 is 5.97 Å². The summed E-state index contributed by atoms with van der Waals surface area (Å²) >= 11 is 0. The van der Waals surface area contributed by atoms with E-state index in [-0.39, 0.29) is 6.42 Å². The monoisotopic (exact) mass is 182 g/mol. The lowest BCUT2D eigenvalue weighted by Gasteiger charge is -2.29. The molecule has 1 aliphatic heterocycles. The maximum absolute atomic E-state index is 10.2. The zero-order valence-electron chi connectivity index (χ0n) is 7.79. The van der Waals surface area contributed by atoms with E-state index < -0.39 is 5.97 Å². The third kappa shape index (κ3) is 3.81. The molecule has 0 aromatic rings. The number of hydrogen-bond donors (Lipinski definition) is 1. The molecule has 4 heteroatoms. The number of aliphatic carboxylic acids is 1. The fourth-order valence-corrected chi connectivity index (χ4v) is 1.15. The number of carboxylic acid groups (broad SMARTS) is 1. The summed E-state index contributed by atoms with van der Waals surface area (Å²) in [4.78, 5) is 14.4. The van der Waals surface area contributed by atoms with Gasteiger partial charge in [-0.25, -0.2) is 0 Å². The minimum Gasteiger partial charge on any atom is -0.481 e. The second-order valence-electron chi connectivity index (χ2n) is 3.15. The van der Waals surface area contributed by atoms with Crippen molar-refractivity contribution in [3.8, 4) is 12.0 Å². The molecule has 4 nitrogen and oxygen atoms in total. The van der Waals surface area contributed by atoms with Gasteiger partial charge in [-0.3, -0.25) is 4.79 Å². The van der Waals surface area contributed by atoms with Crippen LogP contribution in [0.5, 0.6) is 0 Å². The molecule has 0 amide bonds. The molecule has 1 saturated heterocycles. The van der Waals surface area contributed by atoms with Crippen molar-refractivity contribution in [3.05, 3.63) is 0 Å². The maximum atomic E-state index is 10.2. The molecule has 13 heavy (non-hydrogen) atoms. The van der Waals surface area contributed by atoms with Crippen LogP contribution in [0.25, 0.3) is 0 Å². The minimum atomic E-state index is -0.860. The highest BCUT2D eigenvalue weighted by molar-refractivity contribution is 5.69. The predicted octanol–water partition coefficient (Wildman–Crippen LogP) is -0.331. The number of hydrogen-bond acceptors (Lipinski definition) is 3. The number of carbonyl (C=O) groups is 1. The largest absolute Gasteiger partial charge is 0.481 e. The average Bonchev–Trinajstić information content (AvgIpc) is 2.08. The Kier molecular flexibility index (Phi) is 3.59. The van der Waals surface area contributed by atoms with Crippen molar-refractivity contribution in [1.82, 2.24) is 9.80 Å². The second-order valence-corrected chi connectivity index (χ2v) is 3.15. The quantitative estimate of drug-likeness (QED) is 0.564. The fraction of sp³-hybridized carbons (Fsp3) is 0.667. The van der Waals surface area contributed by atoms with Gasteiger partial charge in [0.05, 0.1) is 0 Å². The van der Waals surface area contributed by atoms with E-state index in [0.717, 1.165) is 26.2 Å². The first-order valence-corrected chi connectivity index (χ1v) is 4.32. The standard InChI is InChI=1S/C9H14N2O2/c1-10-5-7-11(8-6-10)4-2-3-9(12)13/h3,5-8H2,1H3,(H,12,13). The lowest BCUT2D eigenvalue weighted by Crippen LogP contribution is -2.42. The van der Waals surface area contributed by atoms with Crippen LogP contribution in [0, 0.1) is 12.0 Å². The van der Waals surface area contributed by atoms with E-state index in [1.54, 1.807) is 0 Å². The SMILES string of the molecule is CN1CCN(C#CCC(=O)O)CC1. The van der Waals surface area contributed by atoms with E-state index in [9.17, 15) is 4.79 Å². The van der Waals surface area contributed by atoms with Crippen molar-refractivity contribution in [2.75, 3.05) is 33.2 Å². The van der Waals surface area contributed by atoms with E-state index >= 15 is 0 Å². The Bertz CT molecular complexity index is 234. The van der Waals surface area contributed by atoms with E-state index in [1.807, 2.05) is 4.90 Å². The Morgan fingerprint density at radius 3 is 2.54 bits per heavy atom. The summed E-state index contributed by atoms with van der Waals surface area (Å²) in [6.45, 7) is 3.82. The van der Waals surface area contributed by atoms with E-state index in [1.165, 1.54) is 0 Å². The Morgan fingerprint density at radius 1 is 1.38 bits per heavy atom. The first-order valence-electron chi connectivity index (χ1n) is 4.32. The zero-order valence-corrected chi connectivity index (χ0v) is 7.79. The van der Waals surface area contributed by atoms with Gasteiger partial charge in [-0.1, -0.05) is 5.92 Å². The molecular formula is C9H14N2O2. The average molecular weight is 182 g/mol. The lowest BCUT2D eigenvalue weighted by molar-refractivity contribution is -0.135. The molecule has 0 saturated carbocycles. The fourth-order valence-electron chi connectivity index (χ4n) is 1.15. The van der Waals surface area contributed by atoms with Gasteiger partial charge in [0.2, 0.25) is 0 Å². The maximum Gasteiger partial charge on any atom is 0.315 e. The molecule has 0 spiro atoms. The lowest BCUT2D eigenvalue weighted by atomic mass is 10.3. The van der Waals surface area contributed by atoms with E-state index in [0.29, 0.717) is 0 Å². The van der Waals surface area contributed by atoms with E-state index in [2.05, 4.69) is 23.9 Å². The van der Waals surface area contributed by atoms with Crippen molar-refractivity contribution in [2.24, 2.45) is 0 Å². The molecule has 0 aromatic heterocycles. The number of piperazine rings is 1. The molecule has 1 fully saturated rings. The summed E-state index contributed by atoms with van der Waals surface area (Å²) in [5, 5.41) is 8.36. The van der Waals surface area contributed by atoms with Crippen LogP contribution in [0.3, 0.4) is 0 Å². The van der Waals surface area contributed by atoms with Gasteiger partial charge < -0.3 is 14.9 Å². The van der Waals surface area contributed by atoms with Gasteiger partial charge in [-0.2, -0.15) is 0 Å². The highest BCUT2D eigenvalue weighted by Crippen LogP contribution is 1.96. The van der Waals surface area contributed by atoms with Crippen LogP contribution in [-0.2, 0) is 4.79 Å². The normalized spacial score (nSPS) is 17.8. The summed E-state index contributed by atoms with van der Waals surface area (Å²) in [6, 6.07) is 2.85. The smallest absolute Gasteiger partial charge is 0.315 e. The first kappa shape index (κ1) is 9.87. The van der Waals surface area contributed by atoms with Crippen molar-refractivity contribution < 1.29 is 9.90 Å². The third-order valence-electron chi connectivity index (χ3n) is 1.98. The van der Waals surface area contributed by atoms with Crippen LogP contribution in [0.1, 0.15) is 6.42 Å². The summed E-state index contributed by atoms with van der Waals surface area (Å²) in [7, 11) is 2.07. The van der Waals surface area contributed by atoms with Crippen molar-refractivity contribution in [2.45, 2.75) is 6.42 Å². The predicted molar refractivity (Wildman–Crippen MR) is 49.1 cm³/mol. The number of carboxylic acids is 1. The number of nitrogens with zero attached hydrogens (tertiary/aromatic N) is 2. The van der Waals surface area contributed by atoms with Gasteiger partial charge in [0.15, 0.2) is 0 Å². The molecule has 1 N–H and O–H groups in total. The Hall–Kier alpha value is -1.21. The van der Waals surface area contributed by atoms with Gasteiger partial charge in [-0.05, 0) is 7.05 Å². The molecule has 1 rings (SSSR count). The topological polar surface area (TPSA) is 43.8 Å². The Balaban J connectivity index is 2.28. The minimum absolute atomic E-state index is 0.0632. The molecule has 0 aromatic carbocycles. The highest BCUT2D eigenvalue weighted by Gasteiger charge is 2.09. The van der Waals surface area contributed by atoms with Gasteiger partial charge in [0.1, 0.15) is 6.42 Å². The van der Waals surface area contributed by atoms with Crippen LogP contribution < -0.4 is 0 Å². The molecule has 0 atom stereocenters. The molecule has 1 aliphatic rings. The summed E-state index contributed by atoms with van der Waals surface area (Å²) in [5.41, 5.74) is 0. The summed E-state index contributed by atoms with van der Waals surface area (Å²) in [5.74, 6) is 1.77. The molecule has 72 valence electrons. The molecule has 1 heterocycles.